The third kappa shape index (κ3) is 3.22. The van der Waals surface area contributed by atoms with Crippen LogP contribution in [0.15, 0.2) is 0 Å². The SMILES string of the molecule is CCNC(CC)(CC)CC(=O)O. The second-order valence-corrected chi connectivity index (χ2v) is 3.09. The summed E-state index contributed by atoms with van der Waals surface area (Å²) in [7, 11) is 0. The van der Waals surface area contributed by atoms with E-state index in [9.17, 15) is 4.79 Å². The number of hydrogen-bond acceptors (Lipinski definition) is 2. The van der Waals surface area contributed by atoms with E-state index < -0.39 is 5.97 Å². The van der Waals surface area contributed by atoms with Crippen LogP contribution in [0.1, 0.15) is 40.0 Å². The lowest BCUT2D eigenvalue weighted by Crippen LogP contribution is -2.45. The summed E-state index contributed by atoms with van der Waals surface area (Å²) in [5, 5.41) is 11.9. The summed E-state index contributed by atoms with van der Waals surface area (Å²) in [6, 6.07) is 0. The van der Waals surface area contributed by atoms with Gasteiger partial charge in [-0.25, -0.2) is 0 Å². The molecule has 0 aromatic carbocycles. The molecule has 0 saturated heterocycles. The van der Waals surface area contributed by atoms with E-state index in [0.717, 1.165) is 19.4 Å². The van der Waals surface area contributed by atoms with Crippen LogP contribution in [-0.2, 0) is 4.79 Å². The van der Waals surface area contributed by atoms with Crippen LogP contribution in [0.5, 0.6) is 0 Å². The highest BCUT2D eigenvalue weighted by molar-refractivity contribution is 5.68. The van der Waals surface area contributed by atoms with Crippen LogP contribution in [0.3, 0.4) is 0 Å². The van der Waals surface area contributed by atoms with E-state index in [1.165, 1.54) is 0 Å². The van der Waals surface area contributed by atoms with Crippen LogP contribution >= 0.6 is 0 Å². The van der Waals surface area contributed by atoms with Crippen molar-refractivity contribution in [3.63, 3.8) is 0 Å². The Morgan fingerprint density at radius 2 is 1.83 bits per heavy atom. The van der Waals surface area contributed by atoms with Gasteiger partial charge in [-0.3, -0.25) is 4.79 Å². The molecule has 0 unspecified atom stereocenters. The van der Waals surface area contributed by atoms with Crippen LogP contribution in [0, 0.1) is 0 Å². The van der Waals surface area contributed by atoms with Gasteiger partial charge in [-0.2, -0.15) is 0 Å². The first-order valence-electron chi connectivity index (χ1n) is 4.57. The first kappa shape index (κ1) is 11.4. The molecule has 3 heteroatoms. The molecule has 0 aromatic rings. The molecule has 0 aliphatic rings. The molecular formula is C9H19NO2. The summed E-state index contributed by atoms with van der Waals surface area (Å²) >= 11 is 0. The molecule has 0 spiro atoms. The van der Waals surface area contributed by atoms with Crippen molar-refractivity contribution in [2.24, 2.45) is 0 Å². The zero-order valence-corrected chi connectivity index (χ0v) is 8.18. The van der Waals surface area contributed by atoms with Gasteiger partial charge in [-0.05, 0) is 19.4 Å². The molecule has 0 aromatic heterocycles. The summed E-state index contributed by atoms with van der Waals surface area (Å²) in [5.74, 6) is -0.723. The lowest BCUT2D eigenvalue weighted by atomic mass is 9.89. The number of carboxylic acid groups (broad SMARTS) is 1. The van der Waals surface area contributed by atoms with Crippen molar-refractivity contribution in [2.75, 3.05) is 6.54 Å². The third-order valence-electron chi connectivity index (χ3n) is 2.39. The van der Waals surface area contributed by atoms with Gasteiger partial charge in [0.05, 0.1) is 6.42 Å². The lowest BCUT2D eigenvalue weighted by molar-refractivity contribution is -0.138. The molecule has 0 fully saturated rings. The van der Waals surface area contributed by atoms with Gasteiger partial charge in [0.15, 0.2) is 0 Å². The highest BCUT2D eigenvalue weighted by atomic mass is 16.4. The molecule has 0 amide bonds. The molecule has 0 radical (unpaired) electrons. The Kier molecular flexibility index (Phi) is 4.90. The number of hydrogen-bond donors (Lipinski definition) is 2. The molecule has 0 saturated carbocycles. The Morgan fingerprint density at radius 1 is 1.33 bits per heavy atom. The van der Waals surface area contributed by atoms with Crippen LogP contribution in [0.4, 0.5) is 0 Å². The van der Waals surface area contributed by atoms with E-state index in [1.807, 2.05) is 20.8 Å². The largest absolute Gasteiger partial charge is 0.481 e. The van der Waals surface area contributed by atoms with Crippen molar-refractivity contribution in [1.82, 2.24) is 5.32 Å². The molecule has 0 aliphatic carbocycles. The van der Waals surface area contributed by atoms with Gasteiger partial charge in [-0.1, -0.05) is 20.8 Å². The van der Waals surface area contributed by atoms with Gasteiger partial charge in [0, 0.05) is 5.54 Å². The van der Waals surface area contributed by atoms with Crippen molar-refractivity contribution < 1.29 is 9.90 Å². The van der Waals surface area contributed by atoms with Gasteiger partial charge in [0.1, 0.15) is 0 Å². The number of carboxylic acids is 1. The van der Waals surface area contributed by atoms with Crippen molar-refractivity contribution in [3.05, 3.63) is 0 Å². The summed E-state index contributed by atoms with van der Waals surface area (Å²) in [6.45, 7) is 6.88. The smallest absolute Gasteiger partial charge is 0.305 e. The lowest BCUT2D eigenvalue weighted by Gasteiger charge is -2.30. The molecule has 0 bridgehead atoms. The predicted molar refractivity (Wildman–Crippen MR) is 49.2 cm³/mol. The fraction of sp³-hybridized carbons (Fsp3) is 0.889. The van der Waals surface area contributed by atoms with E-state index in [1.54, 1.807) is 0 Å². The maximum atomic E-state index is 10.6. The van der Waals surface area contributed by atoms with Gasteiger partial charge >= 0.3 is 5.97 Å². The normalized spacial score (nSPS) is 11.6. The van der Waals surface area contributed by atoms with Gasteiger partial charge in [0.25, 0.3) is 0 Å². The minimum absolute atomic E-state index is 0.194. The highest BCUT2D eigenvalue weighted by Crippen LogP contribution is 2.19. The minimum Gasteiger partial charge on any atom is -0.481 e. The van der Waals surface area contributed by atoms with E-state index >= 15 is 0 Å². The number of rotatable bonds is 6. The number of aliphatic carboxylic acids is 1. The molecule has 72 valence electrons. The van der Waals surface area contributed by atoms with Crippen molar-refractivity contribution >= 4 is 5.97 Å². The Bertz CT molecular complexity index is 141. The summed E-state index contributed by atoms with van der Waals surface area (Å²) in [4.78, 5) is 10.6. The van der Waals surface area contributed by atoms with Crippen molar-refractivity contribution in [3.8, 4) is 0 Å². The Labute approximate surface area is 74.2 Å². The van der Waals surface area contributed by atoms with Gasteiger partial charge in [0.2, 0.25) is 0 Å². The van der Waals surface area contributed by atoms with E-state index in [-0.39, 0.29) is 12.0 Å². The monoisotopic (exact) mass is 173 g/mol. The molecule has 0 atom stereocenters. The van der Waals surface area contributed by atoms with Crippen LogP contribution in [0.25, 0.3) is 0 Å². The van der Waals surface area contributed by atoms with E-state index in [0.29, 0.717) is 0 Å². The molecule has 3 nitrogen and oxygen atoms in total. The fourth-order valence-corrected chi connectivity index (χ4v) is 1.48. The Morgan fingerprint density at radius 3 is 2.08 bits per heavy atom. The second kappa shape index (κ2) is 5.14. The third-order valence-corrected chi connectivity index (χ3v) is 2.39. The maximum absolute atomic E-state index is 10.6. The first-order chi connectivity index (χ1) is 5.60. The second-order valence-electron chi connectivity index (χ2n) is 3.09. The maximum Gasteiger partial charge on any atom is 0.305 e. The Balaban J connectivity index is 4.23. The number of nitrogens with one attached hydrogen (secondary N) is 1. The van der Waals surface area contributed by atoms with Gasteiger partial charge in [-0.15, -0.1) is 0 Å². The van der Waals surface area contributed by atoms with E-state index in [2.05, 4.69) is 5.32 Å². The molecule has 0 aliphatic heterocycles. The zero-order chi connectivity index (χ0) is 9.61. The predicted octanol–water partition coefficient (Wildman–Crippen LogP) is 1.63. The van der Waals surface area contributed by atoms with E-state index in [4.69, 9.17) is 5.11 Å². The average molecular weight is 173 g/mol. The Hall–Kier alpha value is -0.570. The van der Waals surface area contributed by atoms with Crippen molar-refractivity contribution in [1.29, 1.82) is 0 Å². The minimum atomic E-state index is -0.723. The standard InChI is InChI=1S/C9H19NO2/c1-4-9(5-2,10-6-3)7-8(11)12/h10H,4-7H2,1-3H3,(H,11,12). The molecule has 12 heavy (non-hydrogen) atoms. The average Bonchev–Trinajstić information content (AvgIpc) is 2.03. The van der Waals surface area contributed by atoms with Crippen LogP contribution < -0.4 is 5.32 Å². The van der Waals surface area contributed by atoms with Gasteiger partial charge < -0.3 is 10.4 Å². The number of carbonyl (C=O) groups is 1. The highest BCUT2D eigenvalue weighted by Gasteiger charge is 2.27. The van der Waals surface area contributed by atoms with Crippen LogP contribution in [-0.4, -0.2) is 23.2 Å². The first-order valence-corrected chi connectivity index (χ1v) is 4.57. The van der Waals surface area contributed by atoms with Crippen LogP contribution in [0.2, 0.25) is 0 Å². The molecular weight excluding hydrogens is 154 g/mol. The summed E-state index contributed by atoms with van der Waals surface area (Å²) < 4.78 is 0. The quantitative estimate of drug-likeness (QED) is 0.642. The zero-order valence-electron chi connectivity index (χ0n) is 8.18. The molecule has 0 rings (SSSR count). The summed E-state index contributed by atoms with van der Waals surface area (Å²) in [5.41, 5.74) is -0.194. The molecule has 2 N–H and O–H groups in total. The van der Waals surface area contributed by atoms with Crippen molar-refractivity contribution in [2.45, 2.75) is 45.6 Å². The fourth-order valence-electron chi connectivity index (χ4n) is 1.48. The summed E-state index contributed by atoms with van der Waals surface area (Å²) in [6.07, 6.45) is 1.95. The topological polar surface area (TPSA) is 49.3 Å². The molecule has 0 heterocycles.